The number of aromatic nitrogens is 3. The third-order valence-electron chi connectivity index (χ3n) is 3.09. The zero-order chi connectivity index (χ0) is 18.2. The van der Waals surface area contributed by atoms with Crippen LogP contribution in [0.1, 0.15) is 16.2 Å². The molecule has 0 atom stereocenters. The van der Waals surface area contributed by atoms with Crippen LogP contribution in [-0.2, 0) is 6.54 Å². The van der Waals surface area contributed by atoms with E-state index in [2.05, 4.69) is 20.7 Å². The Morgan fingerprint density at radius 1 is 1.40 bits per heavy atom. The van der Waals surface area contributed by atoms with E-state index in [0.717, 1.165) is 10.7 Å². The lowest BCUT2D eigenvalue weighted by Gasteiger charge is -2.18. The second-order valence-electron chi connectivity index (χ2n) is 4.79. The maximum Gasteiger partial charge on any atom is 0.452 e. The lowest BCUT2D eigenvalue weighted by Crippen LogP contribution is -2.45. The van der Waals surface area contributed by atoms with Gasteiger partial charge in [-0.1, -0.05) is 11.6 Å². The molecule has 0 aromatic carbocycles. The maximum atomic E-state index is 12.8. The van der Waals surface area contributed by atoms with Crippen molar-refractivity contribution >= 4 is 23.4 Å². The monoisotopic (exact) mass is 375 g/mol. The third-order valence-corrected chi connectivity index (χ3v) is 3.39. The summed E-state index contributed by atoms with van der Waals surface area (Å²) in [5.74, 6) is -2.50. The Labute approximate surface area is 142 Å². The standard InChI is InChI=1S/C12H9ClF3N7O2/c13-7-2-1-3-17-9(7)23-8(10(24)25)4-6(19-23)5-22-11(12(14,15)16)18-20-21-22/h1-4,20-21H,5H2,(H,24,25). The average Bonchev–Trinajstić information content (AvgIpc) is 3.14. The third kappa shape index (κ3) is 3.34. The molecule has 2 aromatic heterocycles. The van der Waals surface area contributed by atoms with Gasteiger partial charge in [0.05, 0.1) is 17.3 Å². The van der Waals surface area contributed by atoms with Gasteiger partial charge in [0, 0.05) is 6.20 Å². The van der Waals surface area contributed by atoms with E-state index in [9.17, 15) is 23.1 Å². The summed E-state index contributed by atoms with van der Waals surface area (Å²) in [4.78, 5) is 15.4. The van der Waals surface area contributed by atoms with Crippen LogP contribution in [0.25, 0.3) is 5.82 Å². The summed E-state index contributed by atoms with van der Waals surface area (Å²) in [6, 6.07) is 4.15. The number of carboxylic acid groups (broad SMARTS) is 1. The fraction of sp³-hybridized carbons (Fsp3) is 0.167. The number of nitrogens with one attached hydrogen (secondary N) is 2. The number of carboxylic acids is 1. The molecule has 0 bridgehead atoms. The van der Waals surface area contributed by atoms with E-state index in [0.29, 0.717) is 5.01 Å². The Morgan fingerprint density at radius 3 is 2.80 bits per heavy atom. The average molecular weight is 376 g/mol. The van der Waals surface area contributed by atoms with Crippen molar-refractivity contribution in [1.29, 1.82) is 0 Å². The lowest BCUT2D eigenvalue weighted by molar-refractivity contribution is -0.0696. The molecule has 1 aliphatic heterocycles. The summed E-state index contributed by atoms with van der Waals surface area (Å²) in [5, 5.41) is 17.2. The number of pyridine rings is 1. The van der Waals surface area contributed by atoms with Gasteiger partial charge in [0.2, 0.25) is 5.84 Å². The molecule has 0 saturated carbocycles. The molecule has 0 saturated heterocycles. The van der Waals surface area contributed by atoms with Crippen LogP contribution in [0.5, 0.6) is 0 Å². The maximum absolute atomic E-state index is 12.8. The molecular weight excluding hydrogens is 367 g/mol. The number of alkyl halides is 3. The Hall–Kier alpha value is -2.86. The topological polar surface area (TPSA) is 108 Å². The molecule has 132 valence electrons. The van der Waals surface area contributed by atoms with Crippen molar-refractivity contribution in [3.63, 3.8) is 0 Å². The fourth-order valence-electron chi connectivity index (χ4n) is 2.10. The van der Waals surface area contributed by atoms with Gasteiger partial charge in [-0.2, -0.15) is 18.3 Å². The molecule has 0 amide bonds. The van der Waals surface area contributed by atoms with Crippen LogP contribution in [-0.4, -0.2) is 42.9 Å². The molecule has 0 fully saturated rings. The van der Waals surface area contributed by atoms with Crippen LogP contribution in [0.3, 0.4) is 0 Å². The minimum atomic E-state index is -4.70. The number of carbonyl (C=O) groups is 1. The van der Waals surface area contributed by atoms with E-state index >= 15 is 0 Å². The number of nitrogens with zero attached hydrogens (tertiary/aromatic N) is 5. The molecule has 0 aliphatic carbocycles. The molecule has 13 heteroatoms. The van der Waals surface area contributed by atoms with E-state index < -0.39 is 24.5 Å². The van der Waals surface area contributed by atoms with Gasteiger partial charge in [0.15, 0.2) is 11.5 Å². The summed E-state index contributed by atoms with van der Waals surface area (Å²) in [6.45, 7) is -0.400. The van der Waals surface area contributed by atoms with E-state index in [-0.39, 0.29) is 22.2 Å². The molecule has 0 spiro atoms. The van der Waals surface area contributed by atoms with Crippen molar-refractivity contribution < 1.29 is 23.1 Å². The molecule has 25 heavy (non-hydrogen) atoms. The van der Waals surface area contributed by atoms with Crippen molar-refractivity contribution in [3.05, 3.63) is 40.8 Å². The molecule has 3 N–H and O–H groups in total. The lowest BCUT2D eigenvalue weighted by atomic mass is 10.3. The molecule has 0 radical (unpaired) electrons. The zero-order valence-corrected chi connectivity index (χ0v) is 12.9. The number of hydrogen-bond donors (Lipinski definition) is 3. The molecule has 0 unspecified atom stereocenters. The number of rotatable bonds is 4. The minimum absolute atomic E-state index is 0.0345. The highest BCUT2D eigenvalue weighted by molar-refractivity contribution is 6.32. The zero-order valence-electron chi connectivity index (χ0n) is 12.1. The van der Waals surface area contributed by atoms with Crippen molar-refractivity contribution in [2.75, 3.05) is 0 Å². The predicted octanol–water partition coefficient (Wildman–Crippen LogP) is 1.32. The van der Waals surface area contributed by atoms with E-state index in [1.807, 2.05) is 5.53 Å². The summed E-state index contributed by atoms with van der Waals surface area (Å²) in [6.07, 6.45) is -3.31. The Bertz CT molecular complexity index is 851. The van der Waals surface area contributed by atoms with Crippen molar-refractivity contribution in [2.45, 2.75) is 12.7 Å². The minimum Gasteiger partial charge on any atom is -0.477 e. The highest BCUT2D eigenvalue weighted by Gasteiger charge is 2.43. The van der Waals surface area contributed by atoms with E-state index in [1.165, 1.54) is 12.3 Å². The van der Waals surface area contributed by atoms with Gasteiger partial charge in [-0.15, -0.1) is 10.6 Å². The summed E-state index contributed by atoms with van der Waals surface area (Å²) in [5.41, 5.74) is 3.92. The predicted molar refractivity (Wildman–Crippen MR) is 78.6 cm³/mol. The second kappa shape index (κ2) is 6.22. The van der Waals surface area contributed by atoms with Crippen LogP contribution in [0.15, 0.2) is 29.5 Å². The SMILES string of the molecule is O=C(O)c1cc(CN2NNN=C2C(F)(F)F)nn1-c1ncccc1Cl. The first-order valence-electron chi connectivity index (χ1n) is 6.63. The van der Waals surface area contributed by atoms with Gasteiger partial charge in [-0.3, -0.25) is 5.01 Å². The van der Waals surface area contributed by atoms with Gasteiger partial charge < -0.3 is 5.11 Å². The van der Waals surface area contributed by atoms with Gasteiger partial charge in [-0.25, -0.2) is 20.0 Å². The normalized spacial score (nSPS) is 14.4. The van der Waals surface area contributed by atoms with Crippen LogP contribution < -0.4 is 11.1 Å². The van der Waals surface area contributed by atoms with Crippen molar-refractivity contribution in [1.82, 2.24) is 30.8 Å². The first-order valence-corrected chi connectivity index (χ1v) is 7.01. The van der Waals surface area contributed by atoms with Crippen LogP contribution in [0.2, 0.25) is 5.02 Å². The summed E-state index contributed by atoms with van der Waals surface area (Å²) < 4.78 is 39.5. The largest absolute Gasteiger partial charge is 0.477 e. The molecular formula is C12H9ClF3N7O2. The first kappa shape index (κ1) is 17.0. The van der Waals surface area contributed by atoms with Crippen LogP contribution >= 0.6 is 11.6 Å². The number of hydrazine groups is 2. The number of hydrazone groups is 1. The van der Waals surface area contributed by atoms with Gasteiger partial charge in [0.25, 0.3) is 0 Å². The molecule has 3 heterocycles. The van der Waals surface area contributed by atoms with E-state index in [1.54, 1.807) is 6.07 Å². The number of aromatic carboxylic acids is 1. The number of amidine groups is 1. The van der Waals surface area contributed by atoms with Crippen molar-refractivity contribution in [2.24, 2.45) is 5.10 Å². The molecule has 9 nitrogen and oxygen atoms in total. The molecule has 1 aliphatic rings. The smallest absolute Gasteiger partial charge is 0.452 e. The van der Waals surface area contributed by atoms with Crippen LogP contribution in [0, 0.1) is 0 Å². The second-order valence-corrected chi connectivity index (χ2v) is 5.20. The summed E-state index contributed by atoms with van der Waals surface area (Å²) >= 11 is 5.98. The Balaban J connectivity index is 1.95. The van der Waals surface area contributed by atoms with Gasteiger partial charge >= 0.3 is 12.1 Å². The Morgan fingerprint density at radius 2 is 2.16 bits per heavy atom. The molecule has 2 aromatic rings. The fourth-order valence-corrected chi connectivity index (χ4v) is 2.30. The quantitative estimate of drug-likeness (QED) is 0.739. The van der Waals surface area contributed by atoms with E-state index in [4.69, 9.17) is 11.6 Å². The van der Waals surface area contributed by atoms with Gasteiger partial charge in [-0.05, 0) is 18.2 Å². The number of hydrogen-bond acceptors (Lipinski definition) is 7. The number of halogens is 4. The highest BCUT2D eigenvalue weighted by Crippen LogP contribution is 2.23. The first-order chi connectivity index (χ1) is 11.8. The van der Waals surface area contributed by atoms with Crippen LogP contribution in [0.4, 0.5) is 13.2 Å². The molecule has 3 rings (SSSR count). The summed E-state index contributed by atoms with van der Waals surface area (Å²) in [7, 11) is 0. The van der Waals surface area contributed by atoms with Crippen molar-refractivity contribution in [3.8, 4) is 5.82 Å². The highest BCUT2D eigenvalue weighted by atomic mass is 35.5. The van der Waals surface area contributed by atoms with Gasteiger partial charge in [0.1, 0.15) is 0 Å². The Kier molecular flexibility index (Phi) is 4.22.